The van der Waals surface area contributed by atoms with E-state index in [-0.39, 0.29) is 0 Å². The third-order valence-electron chi connectivity index (χ3n) is 5.75. The molecule has 148 valence electrons. The highest BCUT2D eigenvalue weighted by Gasteiger charge is 2.21. The summed E-state index contributed by atoms with van der Waals surface area (Å²) in [5.41, 5.74) is 4.10. The Labute approximate surface area is 171 Å². The van der Waals surface area contributed by atoms with Gasteiger partial charge in [0.25, 0.3) is 0 Å². The molecule has 0 aliphatic heterocycles. The van der Waals surface area contributed by atoms with Crippen LogP contribution in [0.1, 0.15) is 81.4 Å². The summed E-state index contributed by atoms with van der Waals surface area (Å²) < 4.78 is 5.64. The summed E-state index contributed by atoms with van der Waals surface area (Å²) in [5.74, 6) is 9.08. The van der Waals surface area contributed by atoms with Crippen molar-refractivity contribution >= 4 is 0 Å². The summed E-state index contributed by atoms with van der Waals surface area (Å²) in [6.07, 6.45) is 9.76. The summed E-state index contributed by atoms with van der Waals surface area (Å²) in [4.78, 5) is 0. The van der Waals surface area contributed by atoms with E-state index in [1.54, 1.807) is 0 Å². The third-order valence-corrected chi connectivity index (χ3v) is 5.75. The maximum absolute atomic E-state index is 5.64. The number of hydrogen-bond donors (Lipinski definition) is 0. The zero-order valence-electron chi connectivity index (χ0n) is 17.5. The Bertz CT molecular complexity index is 753. The first kappa shape index (κ1) is 20.5. The van der Waals surface area contributed by atoms with Crippen LogP contribution in [0.5, 0.6) is 5.75 Å². The average molecular weight is 375 g/mol. The summed E-state index contributed by atoms with van der Waals surface area (Å²) in [7, 11) is 0. The van der Waals surface area contributed by atoms with Crippen LogP contribution in [0.15, 0.2) is 48.5 Å². The van der Waals surface area contributed by atoms with E-state index in [9.17, 15) is 0 Å². The van der Waals surface area contributed by atoms with E-state index in [2.05, 4.69) is 62.1 Å². The van der Waals surface area contributed by atoms with Crippen molar-refractivity contribution in [2.45, 2.75) is 71.1 Å². The standard InChI is InChI=1S/C27H34O/c1-3-5-6-22-9-15-25(16-10-22)26-17-11-23(12-18-26)7-8-24-13-19-27(20-14-24)28-21-4-2/h9-10,13-16,19-20,23,26H,3-6,11-12,17-18,21H2,1-2H3/t23-,26-. The second-order valence-electron chi connectivity index (χ2n) is 8.04. The molecule has 0 atom stereocenters. The molecule has 0 aromatic heterocycles. The van der Waals surface area contributed by atoms with Crippen LogP contribution < -0.4 is 4.74 Å². The minimum Gasteiger partial charge on any atom is -0.494 e. The molecule has 0 radical (unpaired) electrons. The van der Waals surface area contributed by atoms with Gasteiger partial charge in [0.05, 0.1) is 6.61 Å². The molecule has 3 rings (SSSR count). The van der Waals surface area contributed by atoms with Crippen molar-refractivity contribution < 1.29 is 4.74 Å². The van der Waals surface area contributed by atoms with Gasteiger partial charge in [0.15, 0.2) is 0 Å². The second-order valence-corrected chi connectivity index (χ2v) is 8.04. The molecule has 0 N–H and O–H groups in total. The van der Waals surface area contributed by atoms with Gasteiger partial charge in [-0.2, -0.15) is 0 Å². The summed E-state index contributed by atoms with van der Waals surface area (Å²) >= 11 is 0. The van der Waals surface area contributed by atoms with Gasteiger partial charge in [-0.25, -0.2) is 0 Å². The Morgan fingerprint density at radius 3 is 2.21 bits per heavy atom. The average Bonchev–Trinajstić information content (AvgIpc) is 2.76. The maximum atomic E-state index is 5.64. The Balaban J connectivity index is 1.48. The van der Waals surface area contributed by atoms with Gasteiger partial charge in [0.1, 0.15) is 5.75 Å². The molecule has 1 fully saturated rings. The first-order valence-electron chi connectivity index (χ1n) is 11.1. The normalized spacial score (nSPS) is 18.9. The first-order valence-corrected chi connectivity index (χ1v) is 11.1. The molecule has 1 saturated carbocycles. The molecule has 2 aromatic carbocycles. The molecular formula is C27H34O. The van der Waals surface area contributed by atoms with Gasteiger partial charge in [-0.1, -0.05) is 56.4 Å². The molecule has 0 heterocycles. The van der Waals surface area contributed by atoms with Crippen molar-refractivity contribution in [3.8, 4) is 17.6 Å². The molecule has 1 aliphatic carbocycles. The van der Waals surface area contributed by atoms with Gasteiger partial charge in [-0.15, -0.1) is 0 Å². The van der Waals surface area contributed by atoms with Crippen molar-refractivity contribution in [3.63, 3.8) is 0 Å². The monoisotopic (exact) mass is 374 g/mol. The van der Waals surface area contributed by atoms with Gasteiger partial charge in [0, 0.05) is 11.5 Å². The zero-order valence-corrected chi connectivity index (χ0v) is 17.5. The Hall–Kier alpha value is -2.20. The van der Waals surface area contributed by atoms with E-state index in [0.717, 1.165) is 24.3 Å². The van der Waals surface area contributed by atoms with Crippen LogP contribution in [0.2, 0.25) is 0 Å². The van der Waals surface area contributed by atoms with Crippen LogP contribution in [-0.2, 0) is 6.42 Å². The molecule has 0 saturated heterocycles. The quantitative estimate of drug-likeness (QED) is 0.468. The highest BCUT2D eigenvalue weighted by molar-refractivity contribution is 5.38. The predicted octanol–water partition coefficient (Wildman–Crippen LogP) is 7.14. The smallest absolute Gasteiger partial charge is 0.119 e. The van der Waals surface area contributed by atoms with Crippen molar-refractivity contribution in [2.75, 3.05) is 6.61 Å². The van der Waals surface area contributed by atoms with Crippen LogP contribution in [0, 0.1) is 17.8 Å². The minimum atomic E-state index is 0.538. The number of benzene rings is 2. The number of rotatable bonds is 7. The highest BCUT2D eigenvalue weighted by Crippen LogP contribution is 2.35. The molecule has 0 bridgehead atoms. The van der Waals surface area contributed by atoms with Crippen molar-refractivity contribution in [2.24, 2.45) is 5.92 Å². The van der Waals surface area contributed by atoms with Crippen LogP contribution in [0.4, 0.5) is 0 Å². The van der Waals surface area contributed by atoms with Gasteiger partial charge < -0.3 is 4.74 Å². The number of aryl methyl sites for hydroxylation is 1. The SMILES string of the molecule is CCCCc1ccc([C@H]2CC[C@H](C#Cc3ccc(OCCC)cc3)CC2)cc1. The Morgan fingerprint density at radius 2 is 1.57 bits per heavy atom. The highest BCUT2D eigenvalue weighted by atomic mass is 16.5. The molecule has 1 aliphatic rings. The van der Waals surface area contributed by atoms with Gasteiger partial charge in [-0.05, 0) is 86.3 Å². The van der Waals surface area contributed by atoms with E-state index in [1.807, 2.05) is 12.1 Å². The molecule has 0 unspecified atom stereocenters. The topological polar surface area (TPSA) is 9.23 Å². The number of unbranched alkanes of at least 4 members (excludes halogenated alkanes) is 1. The van der Waals surface area contributed by atoms with Gasteiger partial charge in [-0.3, -0.25) is 0 Å². The van der Waals surface area contributed by atoms with Crippen LogP contribution in [0.25, 0.3) is 0 Å². The Morgan fingerprint density at radius 1 is 0.857 bits per heavy atom. The van der Waals surface area contributed by atoms with Crippen molar-refractivity contribution in [1.82, 2.24) is 0 Å². The summed E-state index contributed by atoms with van der Waals surface area (Å²) in [6, 6.07) is 17.6. The largest absolute Gasteiger partial charge is 0.494 e. The van der Waals surface area contributed by atoms with Gasteiger partial charge in [0.2, 0.25) is 0 Å². The van der Waals surface area contributed by atoms with E-state index in [4.69, 9.17) is 4.74 Å². The minimum absolute atomic E-state index is 0.538. The molecule has 2 aromatic rings. The molecule has 0 spiro atoms. The van der Waals surface area contributed by atoms with E-state index in [0.29, 0.717) is 11.8 Å². The predicted molar refractivity (Wildman–Crippen MR) is 119 cm³/mol. The first-order chi connectivity index (χ1) is 13.8. The fourth-order valence-corrected chi connectivity index (χ4v) is 3.95. The lowest BCUT2D eigenvalue weighted by Crippen LogP contribution is -2.12. The molecule has 1 heteroatoms. The molecule has 1 nitrogen and oxygen atoms in total. The maximum Gasteiger partial charge on any atom is 0.119 e. The number of ether oxygens (including phenoxy) is 1. The van der Waals surface area contributed by atoms with E-state index >= 15 is 0 Å². The van der Waals surface area contributed by atoms with Crippen molar-refractivity contribution in [1.29, 1.82) is 0 Å². The Kier molecular flexibility index (Phi) is 8.04. The van der Waals surface area contributed by atoms with Crippen LogP contribution in [-0.4, -0.2) is 6.61 Å². The van der Waals surface area contributed by atoms with E-state index in [1.165, 1.54) is 56.1 Å². The van der Waals surface area contributed by atoms with Crippen molar-refractivity contribution in [3.05, 3.63) is 65.2 Å². The molecule has 0 amide bonds. The number of hydrogen-bond acceptors (Lipinski definition) is 1. The van der Waals surface area contributed by atoms with E-state index < -0.39 is 0 Å². The van der Waals surface area contributed by atoms with Gasteiger partial charge >= 0.3 is 0 Å². The van der Waals surface area contributed by atoms with Crippen LogP contribution in [0.3, 0.4) is 0 Å². The molecule has 28 heavy (non-hydrogen) atoms. The molecular weight excluding hydrogens is 340 g/mol. The summed E-state index contributed by atoms with van der Waals surface area (Å²) in [5, 5.41) is 0. The lowest BCUT2D eigenvalue weighted by molar-refractivity contribution is 0.317. The lowest BCUT2D eigenvalue weighted by atomic mass is 9.78. The fraction of sp³-hybridized carbons (Fsp3) is 0.481. The second kappa shape index (κ2) is 11.0. The summed E-state index contributed by atoms with van der Waals surface area (Å²) in [6.45, 7) is 5.15. The van der Waals surface area contributed by atoms with Crippen LogP contribution >= 0.6 is 0 Å². The third kappa shape index (κ3) is 6.16. The lowest BCUT2D eigenvalue weighted by Gasteiger charge is -2.26. The fourth-order valence-electron chi connectivity index (χ4n) is 3.95. The zero-order chi connectivity index (χ0) is 19.6.